The molecule has 2 rings (SSSR count). The molecule has 0 bridgehead atoms. The first-order valence-corrected chi connectivity index (χ1v) is 6.53. The van der Waals surface area contributed by atoms with E-state index in [9.17, 15) is 0 Å². The summed E-state index contributed by atoms with van der Waals surface area (Å²) in [6.45, 7) is 8.55. The normalized spacial score (nSPS) is 11.8. The number of thiazole rings is 1. The van der Waals surface area contributed by atoms with E-state index in [1.165, 1.54) is 5.56 Å². The van der Waals surface area contributed by atoms with Gasteiger partial charge < -0.3 is 5.73 Å². The number of aryl methyl sites for hydroxylation is 1. The molecule has 90 valence electrons. The predicted molar refractivity (Wildman–Crippen MR) is 75.4 cm³/mol. The fourth-order valence-corrected chi connectivity index (χ4v) is 2.48. The molecule has 0 spiro atoms. The van der Waals surface area contributed by atoms with Gasteiger partial charge in [-0.2, -0.15) is 0 Å². The summed E-state index contributed by atoms with van der Waals surface area (Å²) in [5.74, 6) is 0. The zero-order valence-corrected chi connectivity index (χ0v) is 11.6. The van der Waals surface area contributed by atoms with Crippen LogP contribution in [0.2, 0.25) is 0 Å². The van der Waals surface area contributed by atoms with Gasteiger partial charge in [0, 0.05) is 11.0 Å². The maximum Gasteiger partial charge on any atom is 0.114 e. The molecule has 1 heterocycles. The van der Waals surface area contributed by atoms with Crippen LogP contribution in [-0.4, -0.2) is 4.98 Å². The van der Waals surface area contributed by atoms with Crippen molar-refractivity contribution in [2.45, 2.75) is 33.1 Å². The fourth-order valence-electron chi connectivity index (χ4n) is 1.57. The lowest BCUT2D eigenvalue weighted by atomic mass is 9.98. The van der Waals surface area contributed by atoms with E-state index >= 15 is 0 Å². The maximum atomic E-state index is 6.06. The Hall–Kier alpha value is -1.35. The lowest BCUT2D eigenvalue weighted by Crippen LogP contribution is -2.10. The number of aromatic nitrogens is 1. The number of nitrogen functional groups attached to an aromatic ring is 1. The van der Waals surface area contributed by atoms with Crippen molar-refractivity contribution in [2.24, 2.45) is 0 Å². The minimum Gasteiger partial charge on any atom is -0.389 e. The number of nitrogens with two attached hydrogens (primary N) is 1. The van der Waals surface area contributed by atoms with Gasteiger partial charge in [0.2, 0.25) is 0 Å². The van der Waals surface area contributed by atoms with Gasteiger partial charge in [-0.05, 0) is 6.92 Å². The average molecular weight is 246 g/mol. The van der Waals surface area contributed by atoms with E-state index in [0.29, 0.717) is 0 Å². The highest BCUT2D eigenvalue weighted by molar-refractivity contribution is 7.16. The number of nitrogens with zero attached hydrogens (tertiary/aromatic N) is 1. The van der Waals surface area contributed by atoms with E-state index < -0.39 is 0 Å². The molecule has 1 aromatic carbocycles. The smallest absolute Gasteiger partial charge is 0.114 e. The van der Waals surface area contributed by atoms with E-state index in [4.69, 9.17) is 5.73 Å². The van der Waals surface area contributed by atoms with Crippen LogP contribution in [0.1, 0.15) is 31.3 Å². The van der Waals surface area contributed by atoms with Crippen molar-refractivity contribution in [3.05, 3.63) is 34.8 Å². The summed E-state index contributed by atoms with van der Waals surface area (Å²) < 4.78 is 0. The average Bonchev–Trinajstić information content (AvgIpc) is 2.61. The quantitative estimate of drug-likeness (QED) is 0.826. The first-order chi connectivity index (χ1) is 7.88. The highest BCUT2D eigenvalue weighted by Gasteiger charge is 2.21. The SMILES string of the molecule is Cc1ccc(-c2nc(C(C)(C)C)sc2N)cc1. The van der Waals surface area contributed by atoms with Crippen LogP contribution >= 0.6 is 11.3 Å². The molecule has 0 aliphatic carbocycles. The molecular formula is C14H18N2S. The van der Waals surface area contributed by atoms with Crippen LogP contribution in [0.15, 0.2) is 24.3 Å². The van der Waals surface area contributed by atoms with Crippen molar-refractivity contribution < 1.29 is 0 Å². The van der Waals surface area contributed by atoms with Crippen molar-refractivity contribution in [3.63, 3.8) is 0 Å². The second-order valence-electron chi connectivity index (χ2n) is 5.35. The van der Waals surface area contributed by atoms with Crippen molar-refractivity contribution >= 4 is 16.3 Å². The Labute approximate surface area is 107 Å². The van der Waals surface area contributed by atoms with Gasteiger partial charge in [0.25, 0.3) is 0 Å². The van der Waals surface area contributed by atoms with Crippen LogP contribution in [0.4, 0.5) is 5.00 Å². The molecule has 0 saturated heterocycles. The summed E-state index contributed by atoms with van der Waals surface area (Å²) in [5, 5.41) is 1.89. The van der Waals surface area contributed by atoms with Crippen LogP contribution in [0.5, 0.6) is 0 Å². The highest BCUT2D eigenvalue weighted by atomic mass is 32.1. The third-order valence-electron chi connectivity index (χ3n) is 2.62. The van der Waals surface area contributed by atoms with Gasteiger partial charge in [-0.25, -0.2) is 4.98 Å². The van der Waals surface area contributed by atoms with E-state index in [1.807, 2.05) is 0 Å². The molecular weight excluding hydrogens is 228 g/mol. The second kappa shape index (κ2) is 4.15. The summed E-state index contributed by atoms with van der Waals surface area (Å²) in [4.78, 5) is 4.67. The van der Waals surface area contributed by atoms with Gasteiger partial charge in [0.15, 0.2) is 0 Å². The summed E-state index contributed by atoms with van der Waals surface area (Å²) in [6, 6.07) is 8.33. The largest absolute Gasteiger partial charge is 0.389 e. The Morgan fingerprint density at radius 1 is 1.12 bits per heavy atom. The molecule has 3 heteroatoms. The second-order valence-corrected chi connectivity index (χ2v) is 6.38. The van der Waals surface area contributed by atoms with Crippen LogP contribution in [0.25, 0.3) is 11.3 Å². The Bertz CT molecular complexity index is 518. The van der Waals surface area contributed by atoms with Gasteiger partial charge in [-0.3, -0.25) is 0 Å². The highest BCUT2D eigenvalue weighted by Crippen LogP contribution is 2.36. The number of hydrogen-bond acceptors (Lipinski definition) is 3. The molecule has 0 atom stereocenters. The number of hydrogen-bond donors (Lipinski definition) is 1. The number of rotatable bonds is 1. The fraction of sp³-hybridized carbons (Fsp3) is 0.357. The minimum absolute atomic E-state index is 0.0573. The van der Waals surface area contributed by atoms with Gasteiger partial charge in [0.1, 0.15) is 15.7 Å². The van der Waals surface area contributed by atoms with Gasteiger partial charge >= 0.3 is 0 Å². The maximum absolute atomic E-state index is 6.06. The summed E-state index contributed by atoms with van der Waals surface area (Å²) in [5.41, 5.74) is 9.38. The van der Waals surface area contributed by atoms with Crippen LogP contribution in [-0.2, 0) is 5.41 Å². The van der Waals surface area contributed by atoms with E-state index in [2.05, 4.69) is 56.9 Å². The molecule has 2 N–H and O–H groups in total. The standard InChI is InChI=1S/C14H18N2S/c1-9-5-7-10(8-6-9)11-12(15)17-13(16-11)14(2,3)4/h5-8H,15H2,1-4H3. The van der Waals surface area contributed by atoms with Crippen LogP contribution in [0.3, 0.4) is 0 Å². The molecule has 2 nitrogen and oxygen atoms in total. The zero-order valence-electron chi connectivity index (χ0n) is 10.7. The topological polar surface area (TPSA) is 38.9 Å². The molecule has 0 saturated carbocycles. The molecule has 0 aliphatic rings. The Morgan fingerprint density at radius 2 is 1.71 bits per heavy atom. The summed E-state index contributed by atoms with van der Waals surface area (Å²) in [7, 11) is 0. The lowest BCUT2D eigenvalue weighted by Gasteiger charge is -2.13. The third kappa shape index (κ3) is 2.50. The number of benzene rings is 1. The Kier molecular flexibility index (Phi) is 2.96. The zero-order chi connectivity index (χ0) is 12.6. The first-order valence-electron chi connectivity index (χ1n) is 5.72. The van der Waals surface area contributed by atoms with Gasteiger partial charge in [-0.15, -0.1) is 11.3 Å². The van der Waals surface area contributed by atoms with Crippen molar-refractivity contribution in [1.29, 1.82) is 0 Å². The van der Waals surface area contributed by atoms with Crippen molar-refractivity contribution in [2.75, 3.05) is 5.73 Å². The van der Waals surface area contributed by atoms with Crippen molar-refractivity contribution in [1.82, 2.24) is 4.98 Å². The van der Waals surface area contributed by atoms with E-state index in [-0.39, 0.29) is 5.41 Å². The lowest BCUT2D eigenvalue weighted by molar-refractivity contribution is 0.586. The molecule has 0 unspecified atom stereocenters. The van der Waals surface area contributed by atoms with E-state index in [0.717, 1.165) is 21.3 Å². The monoisotopic (exact) mass is 246 g/mol. The Morgan fingerprint density at radius 3 is 2.18 bits per heavy atom. The molecule has 2 aromatic rings. The molecule has 1 aromatic heterocycles. The summed E-state index contributed by atoms with van der Waals surface area (Å²) in [6.07, 6.45) is 0. The number of anilines is 1. The molecule has 0 fully saturated rings. The van der Waals surface area contributed by atoms with E-state index in [1.54, 1.807) is 11.3 Å². The minimum atomic E-state index is 0.0573. The van der Waals surface area contributed by atoms with Crippen LogP contribution < -0.4 is 5.73 Å². The molecule has 0 amide bonds. The molecule has 0 radical (unpaired) electrons. The Balaban J connectivity index is 2.46. The predicted octanol–water partition coefficient (Wildman–Crippen LogP) is 4.00. The summed E-state index contributed by atoms with van der Waals surface area (Å²) >= 11 is 1.59. The van der Waals surface area contributed by atoms with Crippen molar-refractivity contribution in [3.8, 4) is 11.3 Å². The van der Waals surface area contributed by atoms with Gasteiger partial charge in [0.05, 0.1) is 0 Å². The van der Waals surface area contributed by atoms with Crippen LogP contribution in [0, 0.1) is 6.92 Å². The molecule has 0 aliphatic heterocycles. The molecule has 17 heavy (non-hydrogen) atoms. The third-order valence-corrected chi connectivity index (χ3v) is 3.93. The van der Waals surface area contributed by atoms with Gasteiger partial charge in [-0.1, -0.05) is 50.6 Å². The first kappa shape index (κ1) is 12.1.